The summed E-state index contributed by atoms with van der Waals surface area (Å²) in [6.07, 6.45) is -0.916. The predicted molar refractivity (Wildman–Crippen MR) is 73.3 cm³/mol. The van der Waals surface area contributed by atoms with Crippen LogP contribution < -0.4 is 0 Å². The topological polar surface area (TPSA) is 167 Å². The predicted octanol–water partition coefficient (Wildman–Crippen LogP) is -0.925. The summed E-state index contributed by atoms with van der Waals surface area (Å²) in [4.78, 5) is 19.3. The number of nitrogens with zero attached hydrogens (tertiary/aromatic N) is 2. The molecule has 0 saturated heterocycles. The Morgan fingerprint density at radius 2 is 0.864 bits per heavy atom. The lowest BCUT2D eigenvalue weighted by atomic mass is 9.90. The minimum atomic E-state index is -1.18. The van der Waals surface area contributed by atoms with E-state index in [0.717, 1.165) is 0 Å². The fraction of sp³-hybridized carbons (Fsp3) is 1.00. The Kier molecular flexibility index (Phi) is 7.07. The summed E-state index contributed by atoms with van der Waals surface area (Å²) >= 11 is 0. The summed E-state index contributed by atoms with van der Waals surface area (Å²) in [5.74, 6) is 0. The first-order valence-corrected chi connectivity index (χ1v) is 7.25. The van der Waals surface area contributed by atoms with Crippen molar-refractivity contribution in [2.24, 2.45) is 0 Å². The summed E-state index contributed by atoms with van der Waals surface area (Å²) in [7, 11) is 0. The van der Waals surface area contributed by atoms with Crippen LogP contribution in [-0.2, 0) is 0 Å². The molecule has 10 heteroatoms. The van der Waals surface area contributed by atoms with Gasteiger partial charge in [0.2, 0.25) is 0 Å². The van der Waals surface area contributed by atoms with E-state index < -0.39 is 46.3 Å². The molecular formula is C12H22N2O8. The van der Waals surface area contributed by atoms with Crippen molar-refractivity contribution >= 4 is 0 Å². The van der Waals surface area contributed by atoms with Gasteiger partial charge in [-0.3, -0.25) is 20.2 Å². The molecule has 10 nitrogen and oxygen atoms in total. The molecular weight excluding hydrogens is 300 g/mol. The second kappa shape index (κ2) is 8.32. The van der Waals surface area contributed by atoms with Crippen molar-refractivity contribution in [2.45, 2.75) is 75.0 Å². The van der Waals surface area contributed by atoms with Crippen LogP contribution in [0.1, 0.15) is 38.5 Å². The molecule has 2 unspecified atom stereocenters. The van der Waals surface area contributed by atoms with Crippen LogP contribution in [0.3, 0.4) is 0 Å². The molecule has 0 aromatic heterocycles. The quantitative estimate of drug-likeness (QED) is 0.373. The zero-order valence-corrected chi connectivity index (χ0v) is 12.0. The van der Waals surface area contributed by atoms with Crippen LogP contribution in [-0.4, -0.2) is 66.8 Å². The van der Waals surface area contributed by atoms with Gasteiger partial charge in [0.15, 0.2) is 0 Å². The van der Waals surface area contributed by atoms with Crippen molar-refractivity contribution in [3.63, 3.8) is 0 Å². The molecule has 2 fully saturated rings. The van der Waals surface area contributed by atoms with Crippen molar-refractivity contribution < 1.29 is 30.3 Å². The largest absolute Gasteiger partial charge is 0.386 e. The van der Waals surface area contributed by atoms with Crippen LogP contribution in [0.5, 0.6) is 0 Å². The average Bonchev–Trinajstić information content (AvgIpc) is 2.38. The van der Waals surface area contributed by atoms with Gasteiger partial charge in [-0.05, 0) is 38.5 Å². The van der Waals surface area contributed by atoms with Crippen LogP contribution >= 0.6 is 0 Å². The summed E-state index contributed by atoms with van der Waals surface area (Å²) < 4.78 is 0. The van der Waals surface area contributed by atoms with Gasteiger partial charge >= 0.3 is 0 Å². The first kappa shape index (κ1) is 18.7. The van der Waals surface area contributed by atoms with Gasteiger partial charge in [0.1, 0.15) is 24.4 Å². The van der Waals surface area contributed by atoms with Crippen molar-refractivity contribution in [1.29, 1.82) is 0 Å². The highest BCUT2D eigenvalue weighted by Gasteiger charge is 2.40. The summed E-state index contributed by atoms with van der Waals surface area (Å²) in [5, 5.41) is 57.0. The summed E-state index contributed by atoms with van der Waals surface area (Å²) in [6, 6.07) is -2.35. The highest BCUT2D eigenvalue weighted by molar-refractivity contribution is 4.82. The summed E-state index contributed by atoms with van der Waals surface area (Å²) in [5.41, 5.74) is 0. The van der Waals surface area contributed by atoms with Crippen LogP contribution in [0.2, 0.25) is 0 Å². The molecule has 4 N–H and O–H groups in total. The first-order valence-electron chi connectivity index (χ1n) is 7.25. The number of hydrogen-bond acceptors (Lipinski definition) is 8. The molecule has 0 radical (unpaired) electrons. The Bertz CT molecular complexity index is 337. The Balaban J connectivity index is 0.000000220. The van der Waals surface area contributed by atoms with Gasteiger partial charge in [0.05, 0.1) is 0 Å². The molecule has 22 heavy (non-hydrogen) atoms. The van der Waals surface area contributed by atoms with E-state index in [4.69, 9.17) is 20.4 Å². The normalized spacial score (nSPS) is 38.5. The Morgan fingerprint density at radius 3 is 1.00 bits per heavy atom. The Labute approximate surface area is 126 Å². The molecule has 0 amide bonds. The molecule has 0 aromatic carbocycles. The number of hydrogen-bond donors (Lipinski definition) is 4. The van der Waals surface area contributed by atoms with E-state index in [1.165, 1.54) is 0 Å². The molecule has 2 aliphatic carbocycles. The van der Waals surface area contributed by atoms with E-state index >= 15 is 0 Å². The zero-order chi connectivity index (χ0) is 16.9. The highest BCUT2D eigenvalue weighted by Crippen LogP contribution is 2.21. The molecule has 0 bridgehead atoms. The number of aliphatic hydroxyl groups is 4. The molecule has 2 aliphatic rings. The van der Waals surface area contributed by atoms with E-state index in [-0.39, 0.29) is 0 Å². The zero-order valence-electron chi connectivity index (χ0n) is 12.0. The highest BCUT2D eigenvalue weighted by atomic mass is 16.6. The maximum absolute atomic E-state index is 10.3. The van der Waals surface area contributed by atoms with Crippen LogP contribution in [0.4, 0.5) is 0 Å². The van der Waals surface area contributed by atoms with Gasteiger partial charge < -0.3 is 20.4 Å². The van der Waals surface area contributed by atoms with Crippen molar-refractivity contribution in [2.75, 3.05) is 0 Å². The van der Waals surface area contributed by atoms with Gasteiger partial charge in [-0.25, -0.2) is 0 Å². The molecule has 0 aliphatic heterocycles. The second-order valence-electron chi connectivity index (χ2n) is 5.68. The van der Waals surface area contributed by atoms with Crippen LogP contribution in [0, 0.1) is 20.2 Å². The van der Waals surface area contributed by atoms with Gasteiger partial charge in [-0.1, -0.05) is 0 Å². The molecule has 128 valence electrons. The molecule has 2 rings (SSSR count). The standard InChI is InChI=1S/2C6H11NO4/c2*8-4-2-1-3-5(9)6(4)7(10)11/h2*4-6,8-9H,1-3H2/t2*4-,5+,6?. The first-order chi connectivity index (χ1) is 10.3. The van der Waals surface area contributed by atoms with E-state index in [1.807, 2.05) is 0 Å². The molecule has 0 heterocycles. The molecule has 2 saturated carbocycles. The average molecular weight is 322 g/mol. The maximum Gasteiger partial charge on any atom is 0.263 e. The fourth-order valence-corrected chi connectivity index (χ4v) is 2.83. The number of nitro groups is 2. The fourth-order valence-electron chi connectivity index (χ4n) is 2.83. The third-order valence-electron chi connectivity index (χ3n) is 4.06. The Morgan fingerprint density at radius 1 is 0.636 bits per heavy atom. The van der Waals surface area contributed by atoms with Crippen molar-refractivity contribution in [3.8, 4) is 0 Å². The number of aliphatic hydroxyl groups excluding tert-OH is 4. The maximum atomic E-state index is 10.3. The lowest BCUT2D eigenvalue weighted by Crippen LogP contribution is -2.46. The minimum absolute atomic E-state index is 0.419. The van der Waals surface area contributed by atoms with Gasteiger partial charge in [-0.2, -0.15) is 0 Å². The lowest BCUT2D eigenvalue weighted by Gasteiger charge is -2.25. The lowest BCUT2D eigenvalue weighted by molar-refractivity contribution is -0.549. The smallest absolute Gasteiger partial charge is 0.263 e. The van der Waals surface area contributed by atoms with E-state index in [1.54, 1.807) is 0 Å². The van der Waals surface area contributed by atoms with Crippen molar-refractivity contribution in [3.05, 3.63) is 20.2 Å². The van der Waals surface area contributed by atoms with E-state index in [0.29, 0.717) is 38.5 Å². The van der Waals surface area contributed by atoms with Crippen LogP contribution in [0.25, 0.3) is 0 Å². The molecule has 0 aromatic rings. The van der Waals surface area contributed by atoms with Gasteiger partial charge in [0, 0.05) is 9.85 Å². The van der Waals surface area contributed by atoms with Crippen molar-refractivity contribution in [1.82, 2.24) is 0 Å². The molecule has 6 atom stereocenters. The third-order valence-corrected chi connectivity index (χ3v) is 4.06. The number of rotatable bonds is 2. The van der Waals surface area contributed by atoms with E-state index in [2.05, 4.69) is 0 Å². The Hall–Kier alpha value is -1.36. The van der Waals surface area contributed by atoms with E-state index in [9.17, 15) is 20.2 Å². The minimum Gasteiger partial charge on any atom is -0.386 e. The van der Waals surface area contributed by atoms with Crippen LogP contribution in [0.15, 0.2) is 0 Å². The second-order valence-corrected chi connectivity index (χ2v) is 5.68. The summed E-state index contributed by atoms with van der Waals surface area (Å²) in [6.45, 7) is 0. The van der Waals surface area contributed by atoms with Gasteiger partial charge in [0.25, 0.3) is 12.1 Å². The SMILES string of the molecule is O=[N+]([O-])C1[C@H](O)CCC[C@@H]1O.O=[N+]([O-])C1[C@H](O)CCC[C@@H]1O. The molecule has 0 spiro atoms. The van der Waals surface area contributed by atoms with Gasteiger partial charge in [-0.15, -0.1) is 0 Å². The third kappa shape index (κ3) is 4.83. The monoisotopic (exact) mass is 322 g/mol.